The Bertz CT molecular complexity index is 553. The summed E-state index contributed by atoms with van der Waals surface area (Å²) in [6.07, 6.45) is 0. The number of aliphatic hydroxyl groups is 1. The second-order valence-electron chi connectivity index (χ2n) is 4.29. The summed E-state index contributed by atoms with van der Waals surface area (Å²) in [7, 11) is 0. The number of amides is 2. The molecule has 2 rings (SSSR count). The van der Waals surface area contributed by atoms with Crippen molar-refractivity contribution in [3.05, 3.63) is 39.6 Å². The minimum absolute atomic E-state index is 0.0612. The summed E-state index contributed by atoms with van der Waals surface area (Å²) >= 11 is 2.82. The van der Waals surface area contributed by atoms with Crippen LogP contribution in [-0.4, -0.2) is 28.4 Å². The molecule has 0 atom stereocenters. The van der Waals surface area contributed by atoms with Gasteiger partial charge in [0.2, 0.25) is 0 Å². The third kappa shape index (κ3) is 3.17. The number of nitrogens with zero attached hydrogens (tertiary/aromatic N) is 1. The lowest BCUT2D eigenvalue weighted by atomic mass is 10.2. The van der Waals surface area contributed by atoms with Gasteiger partial charge in [-0.25, -0.2) is 4.90 Å². The van der Waals surface area contributed by atoms with Crippen LogP contribution in [0, 0.1) is 0 Å². The molecule has 4 nitrogen and oxygen atoms in total. The fourth-order valence-electron chi connectivity index (χ4n) is 2.02. The van der Waals surface area contributed by atoms with Crippen LogP contribution in [0.2, 0.25) is 0 Å². The summed E-state index contributed by atoms with van der Waals surface area (Å²) in [6, 6.07) is 6.81. The van der Waals surface area contributed by atoms with Gasteiger partial charge >= 0.3 is 0 Å². The van der Waals surface area contributed by atoms with Crippen molar-refractivity contribution in [3.8, 4) is 0 Å². The van der Waals surface area contributed by atoms with Crippen LogP contribution in [0.5, 0.6) is 0 Å². The largest absolute Gasteiger partial charge is 0.392 e. The van der Waals surface area contributed by atoms with Crippen molar-refractivity contribution in [1.82, 2.24) is 0 Å². The molecule has 112 valence electrons. The van der Waals surface area contributed by atoms with E-state index in [2.05, 4.69) is 0 Å². The second kappa shape index (κ2) is 7.15. The van der Waals surface area contributed by atoms with E-state index in [1.165, 1.54) is 28.4 Å². The number of carbonyl (C=O) groups excluding carboxylic acids is 2. The summed E-state index contributed by atoms with van der Waals surface area (Å²) in [5.74, 6) is 0.998. The quantitative estimate of drug-likeness (QED) is 0.816. The van der Waals surface area contributed by atoms with Gasteiger partial charge in [0.05, 0.1) is 22.1 Å². The molecule has 0 aliphatic carbocycles. The van der Waals surface area contributed by atoms with Crippen LogP contribution < -0.4 is 4.90 Å². The second-order valence-corrected chi connectivity index (χ2v) is 6.84. The van der Waals surface area contributed by atoms with Crippen LogP contribution in [0.4, 0.5) is 5.69 Å². The van der Waals surface area contributed by atoms with Gasteiger partial charge in [0, 0.05) is 0 Å². The number of aliphatic hydroxyl groups excluding tert-OH is 1. The predicted octanol–water partition coefficient (Wildman–Crippen LogP) is 2.77. The molecule has 2 amide bonds. The number of imide groups is 1. The molecule has 6 heteroatoms. The number of thioether (sulfide) groups is 2. The van der Waals surface area contributed by atoms with Crippen molar-refractivity contribution in [2.24, 2.45) is 0 Å². The molecule has 1 aliphatic rings. The summed E-state index contributed by atoms with van der Waals surface area (Å²) < 4.78 is 0. The van der Waals surface area contributed by atoms with Crippen LogP contribution in [0.15, 0.2) is 34.1 Å². The number of hydrogen-bond donors (Lipinski definition) is 1. The van der Waals surface area contributed by atoms with E-state index in [0.717, 1.165) is 17.1 Å². The Morgan fingerprint density at radius 3 is 1.81 bits per heavy atom. The zero-order valence-corrected chi connectivity index (χ0v) is 13.6. The molecule has 0 spiro atoms. The first-order chi connectivity index (χ1) is 10.1. The molecule has 0 aromatic heterocycles. The Kier molecular flexibility index (Phi) is 5.50. The van der Waals surface area contributed by atoms with E-state index in [0.29, 0.717) is 15.5 Å². The molecule has 21 heavy (non-hydrogen) atoms. The summed E-state index contributed by atoms with van der Waals surface area (Å²) in [4.78, 5) is 27.3. The van der Waals surface area contributed by atoms with E-state index in [1.807, 2.05) is 13.8 Å². The molecule has 0 saturated carbocycles. The van der Waals surface area contributed by atoms with Gasteiger partial charge in [0.15, 0.2) is 0 Å². The number of rotatable bonds is 6. The normalized spacial score (nSPS) is 15.3. The van der Waals surface area contributed by atoms with Crippen molar-refractivity contribution in [2.45, 2.75) is 20.5 Å². The first-order valence-corrected chi connectivity index (χ1v) is 8.69. The van der Waals surface area contributed by atoms with Gasteiger partial charge in [0.1, 0.15) is 0 Å². The molecule has 1 aliphatic heterocycles. The maximum absolute atomic E-state index is 12.5. The smallest absolute Gasteiger partial charge is 0.273 e. The van der Waals surface area contributed by atoms with Crippen LogP contribution >= 0.6 is 23.5 Å². The zero-order valence-electron chi connectivity index (χ0n) is 12.0. The first-order valence-electron chi connectivity index (χ1n) is 6.72. The first kappa shape index (κ1) is 16.1. The third-order valence-corrected chi connectivity index (χ3v) is 5.00. The van der Waals surface area contributed by atoms with Crippen molar-refractivity contribution in [2.75, 3.05) is 16.4 Å². The van der Waals surface area contributed by atoms with Crippen molar-refractivity contribution in [3.63, 3.8) is 0 Å². The highest BCUT2D eigenvalue weighted by molar-refractivity contribution is 8.08. The van der Waals surface area contributed by atoms with Crippen molar-refractivity contribution >= 4 is 41.0 Å². The lowest BCUT2D eigenvalue weighted by Gasteiger charge is -2.15. The fourth-order valence-corrected chi connectivity index (χ4v) is 3.81. The van der Waals surface area contributed by atoms with E-state index in [1.54, 1.807) is 24.3 Å². The molecule has 1 heterocycles. The van der Waals surface area contributed by atoms with E-state index < -0.39 is 0 Å². The molecule has 0 fully saturated rings. The molecule has 0 unspecified atom stereocenters. The highest BCUT2D eigenvalue weighted by Gasteiger charge is 2.39. The topological polar surface area (TPSA) is 57.6 Å². The molecule has 1 N–H and O–H groups in total. The monoisotopic (exact) mass is 323 g/mol. The van der Waals surface area contributed by atoms with E-state index in [4.69, 9.17) is 5.11 Å². The minimum Gasteiger partial charge on any atom is -0.392 e. The molecular weight excluding hydrogens is 306 g/mol. The Hall–Kier alpha value is -1.24. The molecular formula is C15H17NO3S2. The van der Waals surface area contributed by atoms with Gasteiger partial charge in [-0.2, -0.15) is 0 Å². The van der Waals surface area contributed by atoms with E-state index in [-0.39, 0.29) is 18.4 Å². The average molecular weight is 323 g/mol. The van der Waals surface area contributed by atoms with Crippen LogP contribution in [0.25, 0.3) is 0 Å². The minimum atomic E-state index is -0.250. The predicted molar refractivity (Wildman–Crippen MR) is 88.1 cm³/mol. The average Bonchev–Trinajstić information content (AvgIpc) is 2.72. The molecule has 0 saturated heterocycles. The molecule has 1 aromatic rings. The Balaban J connectivity index is 2.34. The van der Waals surface area contributed by atoms with Gasteiger partial charge in [-0.15, -0.1) is 23.5 Å². The highest BCUT2D eigenvalue weighted by atomic mass is 32.2. The highest BCUT2D eigenvalue weighted by Crippen LogP contribution is 2.38. The van der Waals surface area contributed by atoms with E-state index in [9.17, 15) is 9.59 Å². The maximum Gasteiger partial charge on any atom is 0.273 e. The van der Waals surface area contributed by atoms with E-state index >= 15 is 0 Å². The molecule has 0 radical (unpaired) electrons. The van der Waals surface area contributed by atoms with Crippen LogP contribution in [0.3, 0.4) is 0 Å². The summed E-state index contributed by atoms with van der Waals surface area (Å²) in [5.41, 5.74) is 1.29. The lowest BCUT2D eigenvalue weighted by Crippen LogP contribution is -2.31. The number of carbonyl (C=O) groups is 2. The number of benzene rings is 1. The number of hydrogen-bond acceptors (Lipinski definition) is 5. The zero-order chi connectivity index (χ0) is 15.4. The summed E-state index contributed by atoms with van der Waals surface area (Å²) in [5, 5.41) is 9.06. The van der Waals surface area contributed by atoms with Gasteiger partial charge in [0.25, 0.3) is 11.8 Å². The van der Waals surface area contributed by atoms with Crippen molar-refractivity contribution < 1.29 is 14.7 Å². The van der Waals surface area contributed by atoms with Crippen LogP contribution in [-0.2, 0) is 16.2 Å². The number of anilines is 1. The Labute approximate surface area is 132 Å². The Morgan fingerprint density at radius 2 is 1.43 bits per heavy atom. The maximum atomic E-state index is 12.5. The third-order valence-electron chi connectivity index (χ3n) is 2.96. The lowest BCUT2D eigenvalue weighted by molar-refractivity contribution is -0.120. The van der Waals surface area contributed by atoms with Gasteiger partial charge < -0.3 is 5.11 Å². The van der Waals surface area contributed by atoms with Gasteiger partial charge in [-0.3, -0.25) is 9.59 Å². The van der Waals surface area contributed by atoms with Crippen LogP contribution in [0.1, 0.15) is 19.4 Å². The SMILES string of the molecule is CCSC1=C(SCC)C(=O)N(c2ccc(CO)cc2)C1=O. The molecule has 0 bridgehead atoms. The fraction of sp³-hybridized carbons (Fsp3) is 0.333. The Morgan fingerprint density at radius 1 is 0.952 bits per heavy atom. The van der Waals surface area contributed by atoms with Gasteiger partial charge in [-0.1, -0.05) is 26.0 Å². The summed E-state index contributed by atoms with van der Waals surface area (Å²) in [6.45, 7) is 3.86. The molecule has 1 aromatic carbocycles. The van der Waals surface area contributed by atoms with Crippen molar-refractivity contribution in [1.29, 1.82) is 0 Å². The van der Waals surface area contributed by atoms with Gasteiger partial charge in [-0.05, 0) is 29.2 Å². The standard InChI is InChI=1S/C15H17NO3S2/c1-3-20-12-13(21-4-2)15(19)16(14(12)18)11-7-5-10(9-17)6-8-11/h5-8,17H,3-4,9H2,1-2H3.